The largest absolute Gasteiger partial charge is 0.494 e. The number of benzene rings is 2. The molecule has 41 heavy (non-hydrogen) atoms. The van der Waals surface area contributed by atoms with Crippen molar-refractivity contribution in [3.63, 3.8) is 0 Å². The average molecular weight is 567 g/mol. The van der Waals surface area contributed by atoms with Gasteiger partial charge in [-0.1, -0.05) is 57.6 Å². The highest BCUT2D eigenvalue weighted by Gasteiger charge is 2.34. The third kappa shape index (κ3) is 11.2. The summed E-state index contributed by atoms with van der Waals surface area (Å²) in [5.41, 5.74) is 0.519. The molecule has 0 aliphatic rings. The fraction of sp³-hybridized carbons (Fsp3) is 0.500. The topological polar surface area (TPSA) is 61.3 Å². The summed E-state index contributed by atoms with van der Waals surface area (Å²) in [6.07, 6.45) is 12.5. The summed E-state index contributed by atoms with van der Waals surface area (Å²) in [6, 6.07) is 14.5. The number of carbonyl (C=O) groups is 1. The Balaban J connectivity index is 1.47. The van der Waals surface area contributed by atoms with Crippen LogP contribution in [-0.2, 0) is 4.79 Å². The zero-order chi connectivity index (χ0) is 29.5. The second-order valence-corrected chi connectivity index (χ2v) is 10.9. The van der Waals surface area contributed by atoms with Gasteiger partial charge in [0.15, 0.2) is 5.82 Å². The number of hydrogen-bond acceptors (Lipinski definition) is 5. The lowest BCUT2D eigenvalue weighted by atomic mass is 9.99. The number of esters is 1. The smallest absolute Gasteiger partial charge is 0.348 e. The van der Waals surface area contributed by atoms with Crippen LogP contribution in [0.1, 0.15) is 91.4 Å². The Labute approximate surface area is 243 Å². The van der Waals surface area contributed by atoms with Gasteiger partial charge in [-0.2, -0.15) is 0 Å². The number of carbonyl (C=O) groups excluding carboxylic acids is 1. The van der Waals surface area contributed by atoms with E-state index < -0.39 is 17.8 Å². The predicted molar refractivity (Wildman–Crippen MR) is 161 cm³/mol. The van der Waals surface area contributed by atoms with Crippen LogP contribution in [0.3, 0.4) is 0 Å². The molecule has 2 aromatic carbocycles. The van der Waals surface area contributed by atoms with Gasteiger partial charge in [0.2, 0.25) is 5.67 Å². The average Bonchev–Trinajstić information content (AvgIpc) is 2.97. The summed E-state index contributed by atoms with van der Waals surface area (Å²) in [4.78, 5) is 21.4. The molecule has 0 saturated heterocycles. The first-order valence-electron chi connectivity index (χ1n) is 15.0. The van der Waals surface area contributed by atoms with Crippen LogP contribution in [0.4, 0.5) is 8.78 Å². The molecule has 0 bridgehead atoms. The number of halogens is 2. The van der Waals surface area contributed by atoms with Gasteiger partial charge in [0.05, 0.1) is 12.8 Å². The molecular weight excluding hydrogens is 522 g/mol. The molecule has 1 aromatic heterocycles. The van der Waals surface area contributed by atoms with Gasteiger partial charge in [-0.25, -0.2) is 23.5 Å². The number of alkyl halides is 2. The van der Waals surface area contributed by atoms with Crippen LogP contribution >= 0.6 is 0 Å². The van der Waals surface area contributed by atoms with Crippen LogP contribution in [-0.4, -0.2) is 34.4 Å². The molecule has 5 nitrogen and oxygen atoms in total. The third-order valence-electron chi connectivity index (χ3n) is 7.10. The quantitative estimate of drug-likeness (QED) is 0.0872. The Morgan fingerprint density at radius 2 is 1.39 bits per heavy atom. The van der Waals surface area contributed by atoms with Crippen molar-refractivity contribution < 1.29 is 23.0 Å². The first-order chi connectivity index (χ1) is 19.8. The van der Waals surface area contributed by atoms with Crippen molar-refractivity contribution in [2.24, 2.45) is 0 Å². The molecule has 222 valence electrons. The summed E-state index contributed by atoms with van der Waals surface area (Å²) in [7, 11) is 0. The standard InChI is InChI=1S/C34H44F2N2O3/c1-4-5-6-7-8-9-11-22-34(3,36)33(39)41-31-20-14-27(15-21-31)29-24-37-32(38-25-29)28-16-18-30(19-17-28)40-23-12-10-13-26(2)35/h14-21,24-26H,4-13,22-23H2,1-3H3/t26-,34-/m0/s1. The molecule has 0 amide bonds. The van der Waals surface area contributed by atoms with Gasteiger partial charge in [0.1, 0.15) is 11.5 Å². The van der Waals surface area contributed by atoms with E-state index in [0.717, 1.165) is 54.5 Å². The van der Waals surface area contributed by atoms with E-state index in [1.807, 2.05) is 24.3 Å². The molecule has 0 N–H and O–H groups in total. The number of rotatable bonds is 18. The zero-order valence-corrected chi connectivity index (χ0v) is 24.7. The molecule has 7 heteroatoms. The highest BCUT2D eigenvalue weighted by atomic mass is 19.1. The van der Waals surface area contributed by atoms with Crippen molar-refractivity contribution in [2.75, 3.05) is 6.61 Å². The van der Waals surface area contributed by atoms with E-state index in [2.05, 4.69) is 16.9 Å². The van der Waals surface area contributed by atoms with Crippen LogP contribution in [0.25, 0.3) is 22.5 Å². The fourth-order valence-electron chi connectivity index (χ4n) is 4.49. The number of unbranched alkanes of at least 4 members (excludes halogenated alkanes) is 7. The van der Waals surface area contributed by atoms with E-state index in [1.165, 1.54) is 26.2 Å². The monoisotopic (exact) mass is 566 g/mol. The molecule has 1 heterocycles. The lowest BCUT2D eigenvalue weighted by molar-refractivity contribution is -0.147. The molecule has 0 unspecified atom stereocenters. The van der Waals surface area contributed by atoms with Gasteiger partial charge >= 0.3 is 5.97 Å². The lowest BCUT2D eigenvalue weighted by Gasteiger charge is -2.18. The van der Waals surface area contributed by atoms with Gasteiger partial charge < -0.3 is 9.47 Å². The van der Waals surface area contributed by atoms with Gasteiger partial charge in [-0.15, -0.1) is 0 Å². The van der Waals surface area contributed by atoms with E-state index in [1.54, 1.807) is 43.6 Å². The molecule has 0 aliphatic heterocycles. The number of aromatic nitrogens is 2. The molecule has 0 fully saturated rings. The molecule has 0 saturated carbocycles. The second kappa shape index (κ2) is 16.8. The highest BCUT2D eigenvalue weighted by Crippen LogP contribution is 2.27. The Bertz CT molecular complexity index is 1160. The van der Waals surface area contributed by atoms with Crippen LogP contribution < -0.4 is 9.47 Å². The molecule has 2 atom stereocenters. The second-order valence-electron chi connectivity index (χ2n) is 10.9. The molecule has 3 aromatic rings. The normalized spacial score (nSPS) is 13.4. The van der Waals surface area contributed by atoms with Crippen molar-refractivity contribution in [3.05, 3.63) is 60.9 Å². The van der Waals surface area contributed by atoms with E-state index in [-0.39, 0.29) is 6.42 Å². The maximum atomic E-state index is 14.9. The Hall–Kier alpha value is -3.35. The summed E-state index contributed by atoms with van der Waals surface area (Å²) >= 11 is 0. The van der Waals surface area contributed by atoms with Crippen LogP contribution in [0.2, 0.25) is 0 Å². The molecule has 3 rings (SSSR count). The van der Waals surface area contributed by atoms with Crippen molar-refractivity contribution in [1.82, 2.24) is 9.97 Å². The van der Waals surface area contributed by atoms with Crippen molar-refractivity contribution >= 4 is 5.97 Å². The van der Waals surface area contributed by atoms with Crippen molar-refractivity contribution in [1.29, 1.82) is 0 Å². The maximum absolute atomic E-state index is 14.9. The third-order valence-corrected chi connectivity index (χ3v) is 7.10. The minimum Gasteiger partial charge on any atom is -0.494 e. The van der Waals surface area contributed by atoms with E-state index in [9.17, 15) is 13.6 Å². The first-order valence-corrected chi connectivity index (χ1v) is 15.0. The summed E-state index contributed by atoms with van der Waals surface area (Å²) < 4.78 is 38.9. The van der Waals surface area contributed by atoms with E-state index >= 15 is 0 Å². The Kier molecular flexibility index (Phi) is 13.2. The van der Waals surface area contributed by atoms with Crippen LogP contribution in [0.5, 0.6) is 11.5 Å². The number of ether oxygens (including phenoxy) is 2. The summed E-state index contributed by atoms with van der Waals surface area (Å²) in [5.74, 6) is 0.794. The van der Waals surface area contributed by atoms with Gasteiger partial charge in [-0.3, -0.25) is 0 Å². The Morgan fingerprint density at radius 1 is 0.805 bits per heavy atom. The minimum atomic E-state index is -2.01. The first kappa shape index (κ1) is 32.2. The van der Waals surface area contributed by atoms with Gasteiger partial charge in [0.25, 0.3) is 0 Å². The maximum Gasteiger partial charge on any atom is 0.348 e. The molecule has 0 aliphatic carbocycles. The summed E-state index contributed by atoms with van der Waals surface area (Å²) in [5, 5.41) is 0. The van der Waals surface area contributed by atoms with Crippen molar-refractivity contribution in [2.45, 2.75) is 103 Å². The van der Waals surface area contributed by atoms with Crippen LogP contribution in [0.15, 0.2) is 60.9 Å². The number of hydrogen-bond donors (Lipinski definition) is 0. The van der Waals surface area contributed by atoms with Gasteiger partial charge in [0, 0.05) is 23.5 Å². The predicted octanol–water partition coefficient (Wildman–Crippen LogP) is 9.49. The minimum absolute atomic E-state index is 0.165. The van der Waals surface area contributed by atoms with E-state index in [4.69, 9.17) is 9.47 Å². The van der Waals surface area contributed by atoms with E-state index in [0.29, 0.717) is 31.0 Å². The highest BCUT2D eigenvalue weighted by molar-refractivity contribution is 5.81. The van der Waals surface area contributed by atoms with Gasteiger partial charge in [-0.05, 0) is 87.9 Å². The molecular formula is C34H44F2N2O3. The van der Waals surface area contributed by atoms with Crippen LogP contribution in [0, 0.1) is 0 Å². The van der Waals surface area contributed by atoms with Crippen molar-refractivity contribution in [3.8, 4) is 34.0 Å². The SMILES string of the molecule is CCCCCCCCC[C@](C)(F)C(=O)Oc1ccc(-c2cnc(-c3ccc(OCCCC[C@H](C)F)cc3)nc2)cc1. The number of nitrogens with zero attached hydrogens (tertiary/aromatic N) is 2. The zero-order valence-electron chi connectivity index (χ0n) is 24.7. The molecule has 0 spiro atoms. The summed E-state index contributed by atoms with van der Waals surface area (Å²) in [6.45, 7) is 5.62. The molecule has 0 radical (unpaired) electrons. The Morgan fingerprint density at radius 3 is 2.02 bits per heavy atom. The fourth-order valence-corrected chi connectivity index (χ4v) is 4.49. The lowest BCUT2D eigenvalue weighted by Crippen LogP contribution is -2.34.